The third-order valence-electron chi connectivity index (χ3n) is 8.08. The number of aliphatic hydroxyl groups is 2. The molecule has 0 bridgehead atoms. The molecule has 0 aliphatic carbocycles. The zero-order valence-electron chi connectivity index (χ0n) is 22.4. The third kappa shape index (κ3) is 7.17. The molecule has 3 heterocycles. The summed E-state index contributed by atoms with van der Waals surface area (Å²) < 4.78 is 6.01. The second-order valence-corrected chi connectivity index (χ2v) is 11.0. The van der Waals surface area contributed by atoms with Crippen LogP contribution in [-0.4, -0.2) is 105 Å². The molecule has 0 spiro atoms. The van der Waals surface area contributed by atoms with E-state index in [-0.39, 0.29) is 6.61 Å². The minimum absolute atomic E-state index is 0.174. The molecule has 0 aromatic heterocycles. The lowest BCUT2D eigenvalue weighted by Gasteiger charge is -2.44. The molecule has 3 saturated heterocycles. The Kier molecular flexibility index (Phi) is 11.3. The Bertz CT molecular complexity index is 590. The van der Waals surface area contributed by atoms with Crippen LogP contribution in [0, 0.1) is 0 Å². The van der Waals surface area contributed by atoms with Crippen LogP contribution in [0.25, 0.3) is 0 Å². The standard InChI is InChI=1S/C27H51N3O5/c1-4-7-10-13-21-16-28(21)27(29-17-22(29)14-11-8-5-2,30-18-23(30)15-12-9-6-3)25(26(33)34)35-20-24(32)19-31/h21-25,31-32H,4-20H2,1-3H3,(H,33,34). The van der Waals surface area contributed by atoms with Gasteiger partial charge < -0.3 is 20.1 Å². The van der Waals surface area contributed by atoms with Crippen LogP contribution in [0.15, 0.2) is 0 Å². The number of hydrogen-bond donors (Lipinski definition) is 3. The Balaban J connectivity index is 1.86. The fraction of sp³-hybridized carbons (Fsp3) is 0.963. The van der Waals surface area contributed by atoms with Gasteiger partial charge >= 0.3 is 5.97 Å². The first-order valence-electron chi connectivity index (χ1n) is 14.4. The fourth-order valence-electron chi connectivity index (χ4n) is 5.94. The highest BCUT2D eigenvalue weighted by molar-refractivity contribution is 5.74. The number of aliphatic carboxylic acids is 1. The van der Waals surface area contributed by atoms with E-state index in [1.54, 1.807) is 0 Å². The van der Waals surface area contributed by atoms with Crippen molar-refractivity contribution in [3.05, 3.63) is 0 Å². The first-order valence-corrected chi connectivity index (χ1v) is 14.4. The molecule has 0 aromatic rings. The maximum Gasteiger partial charge on any atom is 0.337 e. The Morgan fingerprint density at radius 1 is 0.829 bits per heavy atom. The average molecular weight is 498 g/mol. The molecule has 8 nitrogen and oxygen atoms in total. The van der Waals surface area contributed by atoms with Crippen molar-refractivity contribution in [3.8, 4) is 0 Å². The van der Waals surface area contributed by atoms with E-state index in [1.807, 2.05) is 0 Å². The van der Waals surface area contributed by atoms with Crippen molar-refractivity contribution >= 4 is 5.97 Å². The van der Waals surface area contributed by atoms with E-state index in [9.17, 15) is 20.1 Å². The van der Waals surface area contributed by atoms with E-state index in [2.05, 4.69) is 35.5 Å². The summed E-state index contributed by atoms with van der Waals surface area (Å²) in [6, 6.07) is 1.13. The van der Waals surface area contributed by atoms with Gasteiger partial charge in [0.2, 0.25) is 6.10 Å². The van der Waals surface area contributed by atoms with Crippen molar-refractivity contribution in [1.29, 1.82) is 0 Å². The van der Waals surface area contributed by atoms with Gasteiger partial charge in [0.1, 0.15) is 6.10 Å². The second-order valence-electron chi connectivity index (χ2n) is 11.0. The van der Waals surface area contributed by atoms with Gasteiger partial charge in [0.05, 0.1) is 13.2 Å². The lowest BCUT2D eigenvalue weighted by molar-refractivity contribution is -0.191. The summed E-state index contributed by atoms with van der Waals surface area (Å²) in [5.41, 5.74) is 0. The smallest absolute Gasteiger partial charge is 0.337 e. The minimum atomic E-state index is -1.09. The number of aliphatic hydroxyl groups excluding tert-OH is 2. The highest BCUT2D eigenvalue weighted by Crippen LogP contribution is 2.52. The van der Waals surface area contributed by atoms with Crippen LogP contribution in [0.2, 0.25) is 0 Å². The van der Waals surface area contributed by atoms with Crippen molar-refractivity contribution < 1.29 is 24.9 Å². The number of carboxylic acid groups (broad SMARTS) is 1. The maximum absolute atomic E-state index is 12.8. The number of ether oxygens (including phenoxy) is 1. The SMILES string of the molecule is CCCCCC1CN1C(C(OCC(O)CO)C(=O)O)(N1CC1CCCCC)N1CC1CCCCC. The Morgan fingerprint density at radius 3 is 1.54 bits per heavy atom. The van der Waals surface area contributed by atoms with Crippen LogP contribution in [-0.2, 0) is 9.53 Å². The number of carboxylic acids is 1. The second kappa shape index (κ2) is 13.7. The van der Waals surface area contributed by atoms with Crippen molar-refractivity contribution in [2.45, 2.75) is 134 Å². The van der Waals surface area contributed by atoms with E-state index >= 15 is 0 Å². The predicted molar refractivity (Wildman–Crippen MR) is 137 cm³/mol. The fourth-order valence-corrected chi connectivity index (χ4v) is 5.94. The van der Waals surface area contributed by atoms with Crippen molar-refractivity contribution in [2.24, 2.45) is 0 Å². The minimum Gasteiger partial charge on any atom is -0.479 e. The molecule has 0 saturated carbocycles. The van der Waals surface area contributed by atoms with E-state index < -0.39 is 30.6 Å². The molecule has 3 aliphatic rings. The van der Waals surface area contributed by atoms with E-state index in [4.69, 9.17) is 4.74 Å². The average Bonchev–Trinajstić information content (AvgIpc) is 3.71. The third-order valence-corrected chi connectivity index (χ3v) is 8.08. The zero-order chi connectivity index (χ0) is 25.4. The number of nitrogens with zero attached hydrogens (tertiary/aromatic N) is 3. The van der Waals surface area contributed by atoms with Crippen molar-refractivity contribution in [1.82, 2.24) is 14.7 Å². The van der Waals surface area contributed by atoms with E-state index in [0.717, 1.165) is 58.2 Å². The van der Waals surface area contributed by atoms with E-state index in [1.165, 1.54) is 38.5 Å². The van der Waals surface area contributed by atoms with Crippen LogP contribution in [0.1, 0.15) is 97.8 Å². The molecule has 0 amide bonds. The van der Waals surface area contributed by atoms with E-state index in [0.29, 0.717) is 18.1 Å². The van der Waals surface area contributed by atoms with Crippen LogP contribution >= 0.6 is 0 Å². The number of rotatable bonds is 21. The Morgan fingerprint density at radius 2 is 1.23 bits per heavy atom. The lowest BCUT2D eigenvalue weighted by atomic mass is 10.1. The van der Waals surface area contributed by atoms with Gasteiger partial charge in [-0.05, 0) is 19.3 Å². The summed E-state index contributed by atoms with van der Waals surface area (Å²) >= 11 is 0. The molecule has 8 heteroatoms. The summed E-state index contributed by atoms with van der Waals surface area (Å²) in [5.74, 6) is -1.78. The zero-order valence-corrected chi connectivity index (χ0v) is 22.4. The van der Waals surface area contributed by atoms with Crippen LogP contribution < -0.4 is 0 Å². The van der Waals surface area contributed by atoms with Crippen molar-refractivity contribution in [3.63, 3.8) is 0 Å². The van der Waals surface area contributed by atoms with Gasteiger partial charge in [-0.3, -0.25) is 14.7 Å². The molecule has 0 radical (unpaired) electrons. The molecule has 3 fully saturated rings. The summed E-state index contributed by atoms with van der Waals surface area (Å²) in [6.07, 6.45) is 11.7. The molecule has 8 unspecified atom stereocenters. The first-order chi connectivity index (χ1) is 16.9. The summed E-state index contributed by atoms with van der Waals surface area (Å²) in [4.78, 5) is 20.0. The Labute approximate surface area is 212 Å². The van der Waals surface area contributed by atoms with Gasteiger partial charge in [0.15, 0.2) is 5.79 Å². The molecule has 204 valence electrons. The molecular weight excluding hydrogens is 446 g/mol. The first kappa shape index (κ1) is 28.8. The van der Waals surface area contributed by atoms with Gasteiger partial charge in [-0.15, -0.1) is 0 Å². The molecule has 35 heavy (non-hydrogen) atoms. The monoisotopic (exact) mass is 497 g/mol. The van der Waals surface area contributed by atoms with Gasteiger partial charge in [0.25, 0.3) is 0 Å². The number of carbonyl (C=O) groups is 1. The van der Waals surface area contributed by atoms with Gasteiger partial charge in [0, 0.05) is 37.8 Å². The van der Waals surface area contributed by atoms with Gasteiger partial charge in [-0.25, -0.2) is 4.79 Å². The van der Waals surface area contributed by atoms with Gasteiger partial charge in [-0.2, -0.15) is 0 Å². The molecule has 3 N–H and O–H groups in total. The molecule has 3 aliphatic heterocycles. The Hall–Kier alpha value is -0.770. The van der Waals surface area contributed by atoms with Crippen LogP contribution in [0.4, 0.5) is 0 Å². The molecule has 3 rings (SSSR count). The summed E-state index contributed by atoms with van der Waals surface area (Å²) in [5, 5.41) is 29.8. The maximum atomic E-state index is 12.8. The lowest BCUT2D eigenvalue weighted by Crippen LogP contribution is -2.66. The topological polar surface area (TPSA) is 96.0 Å². The molecule has 8 atom stereocenters. The molecule has 0 aromatic carbocycles. The van der Waals surface area contributed by atoms with Crippen LogP contribution in [0.3, 0.4) is 0 Å². The summed E-state index contributed by atoms with van der Waals surface area (Å²) in [6.45, 7) is 8.72. The highest BCUT2D eigenvalue weighted by atomic mass is 16.5. The number of unbranched alkanes of at least 4 members (excludes halogenated alkanes) is 6. The number of hydrogen-bond acceptors (Lipinski definition) is 7. The van der Waals surface area contributed by atoms with Crippen molar-refractivity contribution in [2.75, 3.05) is 32.8 Å². The predicted octanol–water partition coefficient (Wildman–Crippen LogP) is 3.26. The van der Waals surface area contributed by atoms with Gasteiger partial charge in [-0.1, -0.05) is 78.6 Å². The van der Waals surface area contributed by atoms with Crippen LogP contribution in [0.5, 0.6) is 0 Å². The normalized spacial score (nSPS) is 32.6. The summed E-state index contributed by atoms with van der Waals surface area (Å²) in [7, 11) is 0. The quantitative estimate of drug-likeness (QED) is 0.164. The molecular formula is C27H51N3O5. The largest absolute Gasteiger partial charge is 0.479 e. The highest BCUT2D eigenvalue weighted by Gasteiger charge is 2.71.